The summed E-state index contributed by atoms with van der Waals surface area (Å²) in [6.45, 7) is 4.93. The van der Waals surface area contributed by atoms with E-state index in [-0.39, 0.29) is 18.5 Å². The van der Waals surface area contributed by atoms with Crippen LogP contribution in [0.5, 0.6) is 0 Å². The number of ether oxygens (including phenoxy) is 1. The van der Waals surface area contributed by atoms with Gasteiger partial charge in [-0.05, 0) is 64.2 Å². The van der Waals surface area contributed by atoms with E-state index in [4.69, 9.17) is 4.74 Å². The first kappa shape index (κ1) is 80.1. The zero-order chi connectivity index (χ0) is 59.2. The summed E-state index contributed by atoms with van der Waals surface area (Å²) in [6.07, 6.45) is 92.6. The van der Waals surface area contributed by atoms with Crippen molar-refractivity contribution in [1.82, 2.24) is 5.32 Å². The van der Waals surface area contributed by atoms with Crippen molar-refractivity contribution >= 4 is 11.9 Å². The second-order valence-electron chi connectivity index (χ2n) is 25.6. The molecule has 1 amide bonds. The number of hydrogen-bond acceptors (Lipinski definition) is 5. The maximum atomic E-state index is 12.5. The number of rotatable bonds is 70. The van der Waals surface area contributed by atoms with E-state index < -0.39 is 12.1 Å². The van der Waals surface area contributed by atoms with Gasteiger partial charge in [0, 0.05) is 12.8 Å². The van der Waals surface area contributed by atoms with Gasteiger partial charge in [0.2, 0.25) is 5.91 Å². The van der Waals surface area contributed by atoms with Crippen molar-refractivity contribution in [3.63, 3.8) is 0 Å². The molecule has 0 rings (SSSR count). The van der Waals surface area contributed by atoms with E-state index in [9.17, 15) is 19.8 Å². The summed E-state index contributed by atoms with van der Waals surface area (Å²) in [5, 5.41) is 23.1. The van der Waals surface area contributed by atoms with Gasteiger partial charge in [-0.15, -0.1) is 0 Å². The zero-order valence-electron chi connectivity index (χ0n) is 55.5. The molecule has 82 heavy (non-hydrogen) atoms. The molecule has 0 aromatic carbocycles. The first-order valence-corrected chi connectivity index (χ1v) is 37.3. The summed E-state index contributed by atoms with van der Waals surface area (Å²) in [5.41, 5.74) is 0. The van der Waals surface area contributed by atoms with E-state index >= 15 is 0 Å². The zero-order valence-corrected chi connectivity index (χ0v) is 55.5. The second-order valence-corrected chi connectivity index (χ2v) is 25.6. The molecule has 2 unspecified atom stereocenters. The van der Waals surface area contributed by atoms with Crippen molar-refractivity contribution in [3.8, 4) is 0 Å². The van der Waals surface area contributed by atoms with Crippen LogP contribution in [0.15, 0.2) is 36.5 Å². The van der Waals surface area contributed by atoms with Gasteiger partial charge in [0.15, 0.2) is 0 Å². The number of carbonyl (C=O) groups excluding carboxylic acids is 2. The van der Waals surface area contributed by atoms with E-state index in [1.807, 2.05) is 6.08 Å². The minimum atomic E-state index is -0.842. The van der Waals surface area contributed by atoms with E-state index in [0.717, 1.165) is 44.9 Å². The summed E-state index contributed by atoms with van der Waals surface area (Å²) in [4.78, 5) is 24.6. The lowest BCUT2D eigenvalue weighted by Crippen LogP contribution is -2.45. The lowest BCUT2D eigenvalue weighted by molar-refractivity contribution is -0.143. The third-order valence-electron chi connectivity index (χ3n) is 17.4. The minimum Gasteiger partial charge on any atom is -0.466 e. The van der Waals surface area contributed by atoms with Crippen molar-refractivity contribution in [2.24, 2.45) is 0 Å². The van der Waals surface area contributed by atoms with Crippen LogP contribution in [0.2, 0.25) is 0 Å². The fourth-order valence-electron chi connectivity index (χ4n) is 11.7. The van der Waals surface area contributed by atoms with E-state index in [1.54, 1.807) is 6.08 Å². The van der Waals surface area contributed by atoms with Crippen molar-refractivity contribution in [1.29, 1.82) is 0 Å². The summed E-state index contributed by atoms with van der Waals surface area (Å²) >= 11 is 0. The standard InChI is InChI=1S/C76H145NO5/c1-3-5-7-9-11-13-15-17-41-46-50-54-58-62-66-70-76(81)82-71-67-63-59-55-51-47-43-40-38-36-34-32-30-28-26-24-22-20-18-19-21-23-25-27-29-31-33-35-37-39-42-45-49-53-57-61-65-69-75(80)77-73(72-78)74(79)68-64-60-56-52-48-44-16-14-12-10-8-6-4-2/h18,20,24,26,64,68,73-74,78-79H,3-17,19,21-23,25,27-63,65-67,69-72H2,1-2H3,(H,77,80)/b20-18-,26-24-,68-64+. The molecule has 0 aliphatic heterocycles. The number of aliphatic hydroxyl groups excluding tert-OH is 2. The highest BCUT2D eigenvalue weighted by molar-refractivity contribution is 5.76. The number of unbranched alkanes of at least 4 members (excludes halogenated alkanes) is 55. The molecule has 0 spiro atoms. The van der Waals surface area contributed by atoms with Gasteiger partial charge in [0.25, 0.3) is 0 Å². The summed E-state index contributed by atoms with van der Waals surface area (Å²) < 4.78 is 5.50. The van der Waals surface area contributed by atoms with Crippen LogP contribution in [-0.4, -0.2) is 47.4 Å². The number of nitrogens with one attached hydrogen (secondary N) is 1. The van der Waals surface area contributed by atoms with Crippen LogP contribution in [0, 0.1) is 0 Å². The average Bonchev–Trinajstić information content (AvgIpc) is 3.48. The van der Waals surface area contributed by atoms with Gasteiger partial charge in [0.1, 0.15) is 0 Å². The van der Waals surface area contributed by atoms with Crippen LogP contribution in [0.25, 0.3) is 0 Å². The maximum absolute atomic E-state index is 12.5. The summed E-state index contributed by atoms with van der Waals surface area (Å²) in [5.74, 6) is -0.0418. The monoisotopic (exact) mass is 1150 g/mol. The molecular weight excluding hydrogens is 1010 g/mol. The predicted molar refractivity (Wildman–Crippen MR) is 361 cm³/mol. The number of allylic oxidation sites excluding steroid dienone is 5. The SMILES string of the molecule is CCCCCCCCCCCCC/C=C/C(O)C(CO)NC(=O)CCCCCCCCCCCCCCCCCCC/C=C\C/C=C\CCCCCCCCCCCCCCCOC(=O)CCCCCCCCCCCCCCCCC. The molecule has 0 radical (unpaired) electrons. The third kappa shape index (κ3) is 67.2. The second kappa shape index (κ2) is 71.6. The molecule has 2 atom stereocenters. The Balaban J connectivity index is 3.35. The Labute approximate surface area is 513 Å². The molecule has 484 valence electrons. The van der Waals surface area contributed by atoms with E-state index in [0.29, 0.717) is 19.4 Å². The van der Waals surface area contributed by atoms with Crippen LogP contribution >= 0.6 is 0 Å². The molecular formula is C76H145NO5. The fourth-order valence-corrected chi connectivity index (χ4v) is 11.7. The molecule has 0 aliphatic rings. The molecule has 0 saturated carbocycles. The van der Waals surface area contributed by atoms with Gasteiger partial charge in [-0.2, -0.15) is 0 Å². The summed E-state index contributed by atoms with van der Waals surface area (Å²) in [7, 11) is 0. The largest absolute Gasteiger partial charge is 0.466 e. The Kier molecular flexibility index (Phi) is 69.9. The Morgan fingerprint density at radius 1 is 0.341 bits per heavy atom. The van der Waals surface area contributed by atoms with Crippen molar-refractivity contribution in [3.05, 3.63) is 36.5 Å². The number of esters is 1. The quantitative estimate of drug-likeness (QED) is 0.0320. The first-order chi connectivity index (χ1) is 40.5. The predicted octanol–water partition coefficient (Wildman–Crippen LogP) is 24.3. The van der Waals surface area contributed by atoms with Gasteiger partial charge in [-0.3, -0.25) is 9.59 Å². The Bertz CT molecular complexity index is 1330. The number of hydrogen-bond donors (Lipinski definition) is 3. The number of aliphatic hydroxyl groups is 2. The molecule has 0 heterocycles. The van der Waals surface area contributed by atoms with Crippen LogP contribution in [0.1, 0.15) is 412 Å². The molecule has 6 heteroatoms. The van der Waals surface area contributed by atoms with Gasteiger partial charge in [-0.1, -0.05) is 371 Å². The molecule has 0 bridgehead atoms. The van der Waals surface area contributed by atoms with Crippen molar-refractivity contribution in [2.75, 3.05) is 13.2 Å². The van der Waals surface area contributed by atoms with Crippen LogP contribution in [0.4, 0.5) is 0 Å². The van der Waals surface area contributed by atoms with Gasteiger partial charge in [0.05, 0.1) is 25.4 Å². The normalized spacial score (nSPS) is 12.7. The van der Waals surface area contributed by atoms with Crippen molar-refractivity contribution in [2.45, 2.75) is 424 Å². The molecule has 3 N–H and O–H groups in total. The molecule has 0 fully saturated rings. The number of carbonyl (C=O) groups is 2. The summed E-state index contributed by atoms with van der Waals surface area (Å²) in [6, 6.07) is -0.625. The van der Waals surface area contributed by atoms with E-state index in [2.05, 4.69) is 43.5 Å². The highest BCUT2D eigenvalue weighted by Crippen LogP contribution is 2.19. The van der Waals surface area contributed by atoms with Crippen molar-refractivity contribution < 1.29 is 24.5 Å². The van der Waals surface area contributed by atoms with Crippen LogP contribution < -0.4 is 5.32 Å². The lowest BCUT2D eigenvalue weighted by atomic mass is 10.0. The third-order valence-corrected chi connectivity index (χ3v) is 17.4. The van der Waals surface area contributed by atoms with E-state index in [1.165, 1.54) is 340 Å². The number of amides is 1. The molecule has 0 aromatic heterocycles. The molecule has 0 aliphatic carbocycles. The van der Waals surface area contributed by atoms with Crippen LogP contribution in [0.3, 0.4) is 0 Å². The molecule has 0 aromatic rings. The minimum absolute atomic E-state index is 0.0219. The fraction of sp³-hybridized carbons (Fsp3) is 0.895. The molecule has 0 saturated heterocycles. The Morgan fingerprint density at radius 3 is 0.927 bits per heavy atom. The average molecular weight is 1150 g/mol. The Hall–Kier alpha value is -1.92. The van der Waals surface area contributed by atoms with Gasteiger partial charge in [-0.25, -0.2) is 0 Å². The molecule has 6 nitrogen and oxygen atoms in total. The van der Waals surface area contributed by atoms with Gasteiger partial charge >= 0.3 is 5.97 Å². The highest BCUT2D eigenvalue weighted by atomic mass is 16.5. The lowest BCUT2D eigenvalue weighted by Gasteiger charge is -2.20. The van der Waals surface area contributed by atoms with Gasteiger partial charge < -0.3 is 20.3 Å². The van der Waals surface area contributed by atoms with Crippen LogP contribution in [-0.2, 0) is 14.3 Å². The first-order valence-electron chi connectivity index (χ1n) is 37.3. The smallest absolute Gasteiger partial charge is 0.305 e. The Morgan fingerprint density at radius 2 is 0.610 bits per heavy atom. The highest BCUT2D eigenvalue weighted by Gasteiger charge is 2.18. The maximum Gasteiger partial charge on any atom is 0.305 e. The topological polar surface area (TPSA) is 95.9 Å².